The SMILES string of the molecule is CCCC/C=C/CCCCCCCC(=O)O[C@H](COC(=O)CCCCCCCCCC)COP(=O)([O-])OCC[N+](C)(C)C. The van der Waals surface area contributed by atoms with Crippen molar-refractivity contribution in [2.45, 2.75) is 142 Å². The molecule has 0 N–H and O–H groups in total. The number of likely N-dealkylation sites (N-methyl/N-ethyl adjacent to an activating group) is 1. The number of phosphoric ester groups is 1. The van der Waals surface area contributed by atoms with E-state index in [1.54, 1.807) is 0 Å². The lowest BCUT2D eigenvalue weighted by atomic mass is 10.1. The third-order valence-electron chi connectivity index (χ3n) is 7.04. The standard InChI is InChI=1S/C33H64NO8P/c1-6-8-10-12-14-16-17-18-20-22-24-26-33(36)42-31(30-41-43(37,38)40-28-27-34(3,4)5)29-39-32(35)25-23-21-19-15-13-11-9-7-2/h12,14,31H,6-11,13,15-30H2,1-5H3/b14-12+/t31-/m1/s1. The lowest BCUT2D eigenvalue weighted by Gasteiger charge is -2.28. The molecule has 0 heterocycles. The van der Waals surface area contributed by atoms with Crippen LogP contribution in [0.4, 0.5) is 0 Å². The Morgan fingerprint density at radius 2 is 1.21 bits per heavy atom. The first-order chi connectivity index (χ1) is 20.5. The van der Waals surface area contributed by atoms with Gasteiger partial charge in [-0.3, -0.25) is 14.2 Å². The lowest BCUT2D eigenvalue weighted by molar-refractivity contribution is -0.870. The van der Waals surface area contributed by atoms with E-state index < -0.39 is 32.5 Å². The van der Waals surface area contributed by atoms with E-state index in [1.165, 1.54) is 44.9 Å². The summed E-state index contributed by atoms with van der Waals surface area (Å²) in [4.78, 5) is 37.0. The molecule has 0 aromatic heterocycles. The summed E-state index contributed by atoms with van der Waals surface area (Å²) in [5.41, 5.74) is 0. The van der Waals surface area contributed by atoms with Gasteiger partial charge in [-0.1, -0.05) is 103 Å². The molecule has 0 aliphatic carbocycles. The maximum absolute atomic E-state index is 12.5. The number of ether oxygens (including phenoxy) is 2. The van der Waals surface area contributed by atoms with Crippen LogP contribution < -0.4 is 4.89 Å². The van der Waals surface area contributed by atoms with Crippen molar-refractivity contribution in [1.82, 2.24) is 0 Å². The number of hydrogen-bond acceptors (Lipinski definition) is 8. The highest BCUT2D eigenvalue weighted by molar-refractivity contribution is 7.45. The van der Waals surface area contributed by atoms with Crippen LogP contribution in [0, 0.1) is 0 Å². The first kappa shape index (κ1) is 41.8. The van der Waals surface area contributed by atoms with Crippen LogP contribution in [-0.4, -0.2) is 70.0 Å². The summed E-state index contributed by atoms with van der Waals surface area (Å²) in [5, 5.41) is 0. The molecule has 43 heavy (non-hydrogen) atoms. The summed E-state index contributed by atoms with van der Waals surface area (Å²) >= 11 is 0. The molecular formula is C33H64NO8P. The molecule has 254 valence electrons. The number of nitrogens with zero attached hydrogens (tertiary/aromatic N) is 1. The molecule has 0 saturated carbocycles. The third kappa shape index (κ3) is 30.6. The zero-order chi connectivity index (χ0) is 32.2. The van der Waals surface area contributed by atoms with Gasteiger partial charge in [0.1, 0.15) is 19.8 Å². The molecule has 9 nitrogen and oxygen atoms in total. The van der Waals surface area contributed by atoms with E-state index in [0.29, 0.717) is 17.4 Å². The summed E-state index contributed by atoms with van der Waals surface area (Å²) in [6.45, 7) is 4.11. The predicted octanol–water partition coefficient (Wildman–Crippen LogP) is 7.66. The molecule has 0 saturated heterocycles. The Bertz CT molecular complexity index is 768. The van der Waals surface area contributed by atoms with Crippen molar-refractivity contribution in [3.63, 3.8) is 0 Å². The molecular weight excluding hydrogens is 569 g/mol. The summed E-state index contributed by atoms with van der Waals surface area (Å²) < 4.78 is 33.5. The average molecular weight is 634 g/mol. The molecule has 0 fully saturated rings. The fourth-order valence-corrected chi connectivity index (χ4v) is 5.01. The number of quaternary nitrogens is 1. The van der Waals surface area contributed by atoms with Crippen molar-refractivity contribution in [1.29, 1.82) is 0 Å². The number of esters is 2. The topological polar surface area (TPSA) is 111 Å². The molecule has 0 radical (unpaired) electrons. The van der Waals surface area contributed by atoms with Gasteiger partial charge in [0, 0.05) is 12.8 Å². The van der Waals surface area contributed by atoms with Crippen LogP contribution in [-0.2, 0) is 32.7 Å². The van der Waals surface area contributed by atoms with Gasteiger partial charge in [0.2, 0.25) is 0 Å². The Kier molecular flexibility index (Phi) is 26.3. The van der Waals surface area contributed by atoms with Gasteiger partial charge < -0.3 is 27.9 Å². The molecule has 2 atom stereocenters. The minimum atomic E-state index is -4.60. The van der Waals surface area contributed by atoms with Crippen molar-refractivity contribution >= 4 is 19.8 Å². The summed E-state index contributed by atoms with van der Waals surface area (Å²) in [7, 11) is 1.16. The number of rotatable bonds is 30. The van der Waals surface area contributed by atoms with Crippen molar-refractivity contribution in [3.05, 3.63) is 12.2 Å². The predicted molar refractivity (Wildman–Crippen MR) is 171 cm³/mol. The van der Waals surface area contributed by atoms with Gasteiger partial charge in [-0.15, -0.1) is 0 Å². The number of carbonyl (C=O) groups is 2. The largest absolute Gasteiger partial charge is 0.756 e. The maximum Gasteiger partial charge on any atom is 0.306 e. The molecule has 0 spiro atoms. The van der Waals surface area contributed by atoms with Crippen molar-refractivity contribution in [3.8, 4) is 0 Å². The van der Waals surface area contributed by atoms with E-state index in [-0.39, 0.29) is 26.1 Å². The monoisotopic (exact) mass is 633 g/mol. The van der Waals surface area contributed by atoms with E-state index in [4.69, 9.17) is 18.5 Å². The maximum atomic E-state index is 12.5. The highest BCUT2D eigenvalue weighted by Gasteiger charge is 2.21. The summed E-state index contributed by atoms with van der Waals surface area (Å²) in [6.07, 6.45) is 22.5. The second-order valence-electron chi connectivity index (χ2n) is 12.5. The fourth-order valence-electron chi connectivity index (χ4n) is 4.28. The van der Waals surface area contributed by atoms with Gasteiger partial charge in [-0.25, -0.2) is 0 Å². The van der Waals surface area contributed by atoms with Gasteiger partial charge in [0.05, 0.1) is 27.7 Å². The quantitative estimate of drug-likeness (QED) is 0.0261. The fraction of sp³-hybridized carbons (Fsp3) is 0.879. The molecule has 0 bridgehead atoms. The molecule has 0 amide bonds. The van der Waals surface area contributed by atoms with E-state index in [9.17, 15) is 19.0 Å². The van der Waals surface area contributed by atoms with Crippen LogP contribution in [0.15, 0.2) is 12.2 Å². The van der Waals surface area contributed by atoms with E-state index in [0.717, 1.165) is 57.8 Å². The number of hydrogen-bond donors (Lipinski definition) is 0. The molecule has 10 heteroatoms. The second kappa shape index (κ2) is 27.1. The Hall–Kier alpha value is -1.25. The zero-order valence-corrected chi connectivity index (χ0v) is 29.1. The Labute approximate surface area is 263 Å². The van der Waals surface area contributed by atoms with Crippen molar-refractivity contribution in [2.24, 2.45) is 0 Å². The first-order valence-electron chi connectivity index (χ1n) is 16.9. The minimum Gasteiger partial charge on any atom is -0.756 e. The molecule has 0 rings (SSSR count). The minimum absolute atomic E-state index is 0.0303. The van der Waals surface area contributed by atoms with Crippen LogP contribution in [0.1, 0.15) is 136 Å². The molecule has 0 aliphatic heterocycles. The smallest absolute Gasteiger partial charge is 0.306 e. The Balaban J connectivity index is 4.52. The Morgan fingerprint density at radius 3 is 1.79 bits per heavy atom. The summed E-state index contributed by atoms with van der Waals surface area (Å²) in [6, 6.07) is 0. The first-order valence-corrected chi connectivity index (χ1v) is 18.4. The highest BCUT2D eigenvalue weighted by atomic mass is 31.2. The van der Waals surface area contributed by atoms with Gasteiger partial charge in [-0.05, 0) is 32.1 Å². The van der Waals surface area contributed by atoms with E-state index in [2.05, 4.69) is 26.0 Å². The number of allylic oxidation sites excluding steroid dienone is 2. The van der Waals surface area contributed by atoms with Gasteiger partial charge >= 0.3 is 11.9 Å². The lowest BCUT2D eigenvalue weighted by Crippen LogP contribution is -2.37. The number of carbonyl (C=O) groups excluding carboxylic acids is 2. The van der Waals surface area contributed by atoms with Crippen LogP contribution in [0.25, 0.3) is 0 Å². The number of unbranched alkanes of at least 4 members (excludes halogenated alkanes) is 14. The van der Waals surface area contributed by atoms with Gasteiger partial charge in [0.15, 0.2) is 6.10 Å². The summed E-state index contributed by atoms with van der Waals surface area (Å²) in [5.74, 6) is -0.852. The molecule has 0 aliphatic rings. The van der Waals surface area contributed by atoms with Crippen molar-refractivity contribution in [2.75, 3.05) is 47.5 Å². The normalized spacial score (nSPS) is 14.1. The van der Waals surface area contributed by atoms with Crippen LogP contribution in [0.5, 0.6) is 0 Å². The average Bonchev–Trinajstić information content (AvgIpc) is 2.93. The van der Waals surface area contributed by atoms with Gasteiger partial charge in [-0.2, -0.15) is 0 Å². The van der Waals surface area contributed by atoms with Crippen molar-refractivity contribution < 1.29 is 42.1 Å². The number of phosphoric acid groups is 1. The van der Waals surface area contributed by atoms with Crippen LogP contribution >= 0.6 is 7.82 Å². The highest BCUT2D eigenvalue weighted by Crippen LogP contribution is 2.38. The van der Waals surface area contributed by atoms with Crippen LogP contribution in [0.3, 0.4) is 0 Å². The molecule has 0 aromatic carbocycles. The van der Waals surface area contributed by atoms with Crippen LogP contribution in [0.2, 0.25) is 0 Å². The van der Waals surface area contributed by atoms with Gasteiger partial charge in [0.25, 0.3) is 7.82 Å². The van der Waals surface area contributed by atoms with E-state index >= 15 is 0 Å². The van der Waals surface area contributed by atoms with E-state index in [1.807, 2.05) is 21.1 Å². The zero-order valence-electron chi connectivity index (χ0n) is 28.2. The Morgan fingerprint density at radius 1 is 0.698 bits per heavy atom. The molecule has 0 aromatic rings. The molecule has 1 unspecified atom stereocenters. The third-order valence-corrected chi connectivity index (χ3v) is 8.00. The second-order valence-corrected chi connectivity index (χ2v) is 13.9.